The zero-order valence-electron chi connectivity index (χ0n) is 13.2. The Morgan fingerprint density at radius 3 is 2.35 bits per heavy atom. The fourth-order valence-corrected chi connectivity index (χ4v) is 4.25. The summed E-state index contributed by atoms with van der Waals surface area (Å²) in [4.78, 5) is 2.85. The maximum absolute atomic E-state index is 3.91. The van der Waals surface area contributed by atoms with Crippen LogP contribution in [0.15, 0.2) is 0 Å². The second-order valence-electron chi connectivity index (χ2n) is 8.36. The molecule has 4 aliphatic rings. The molecule has 1 heterocycles. The van der Waals surface area contributed by atoms with Crippen molar-refractivity contribution in [1.82, 2.24) is 10.2 Å². The smallest absolute Gasteiger partial charge is 0.0198 e. The second kappa shape index (κ2) is 5.61. The van der Waals surface area contributed by atoms with Crippen molar-refractivity contribution >= 4 is 0 Å². The van der Waals surface area contributed by atoms with Crippen molar-refractivity contribution in [3.05, 3.63) is 0 Å². The Kier molecular flexibility index (Phi) is 3.80. The van der Waals surface area contributed by atoms with Gasteiger partial charge >= 0.3 is 0 Å². The molecule has 3 aliphatic carbocycles. The summed E-state index contributed by atoms with van der Waals surface area (Å²) in [6, 6.07) is 1.64. The first-order valence-electron chi connectivity index (χ1n) is 9.25. The molecule has 4 fully saturated rings. The second-order valence-corrected chi connectivity index (χ2v) is 8.36. The first-order valence-corrected chi connectivity index (χ1v) is 9.25. The summed E-state index contributed by atoms with van der Waals surface area (Å²) in [7, 11) is 0. The van der Waals surface area contributed by atoms with Crippen molar-refractivity contribution < 1.29 is 0 Å². The molecule has 20 heavy (non-hydrogen) atoms. The Hall–Kier alpha value is -0.0800. The lowest BCUT2D eigenvalue weighted by molar-refractivity contribution is 0.0883. The van der Waals surface area contributed by atoms with Crippen LogP contribution in [0.4, 0.5) is 0 Å². The molecule has 1 N–H and O–H groups in total. The predicted molar refractivity (Wildman–Crippen MR) is 83.7 cm³/mol. The Morgan fingerprint density at radius 1 is 0.950 bits per heavy atom. The van der Waals surface area contributed by atoms with E-state index in [1.165, 1.54) is 71.0 Å². The van der Waals surface area contributed by atoms with E-state index in [-0.39, 0.29) is 0 Å². The van der Waals surface area contributed by atoms with Gasteiger partial charge in [-0.25, -0.2) is 0 Å². The van der Waals surface area contributed by atoms with Crippen LogP contribution in [0.5, 0.6) is 0 Å². The maximum atomic E-state index is 3.91. The average Bonchev–Trinajstić information content (AvgIpc) is 3.24. The lowest BCUT2D eigenvalue weighted by Crippen LogP contribution is -2.53. The van der Waals surface area contributed by atoms with Gasteiger partial charge in [-0.2, -0.15) is 0 Å². The number of hydrogen-bond acceptors (Lipinski definition) is 2. The van der Waals surface area contributed by atoms with Crippen molar-refractivity contribution in [1.29, 1.82) is 0 Å². The highest BCUT2D eigenvalue weighted by molar-refractivity contribution is 4.93. The van der Waals surface area contributed by atoms with Crippen LogP contribution in [0.3, 0.4) is 0 Å². The van der Waals surface area contributed by atoms with E-state index in [0.717, 1.165) is 35.8 Å². The molecule has 3 saturated carbocycles. The van der Waals surface area contributed by atoms with Crippen LogP contribution in [-0.2, 0) is 0 Å². The van der Waals surface area contributed by atoms with Gasteiger partial charge in [0.05, 0.1) is 0 Å². The van der Waals surface area contributed by atoms with Gasteiger partial charge in [0.15, 0.2) is 0 Å². The van der Waals surface area contributed by atoms with Gasteiger partial charge in [-0.3, -0.25) is 4.90 Å². The van der Waals surface area contributed by atoms with Gasteiger partial charge in [-0.15, -0.1) is 0 Å². The van der Waals surface area contributed by atoms with Gasteiger partial charge < -0.3 is 5.32 Å². The summed E-state index contributed by atoms with van der Waals surface area (Å²) in [6.07, 6.45) is 12.0. The van der Waals surface area contributed by atoms with Crippen molar-refractivity contribution in [2.24, 2.45) is 23.7 Å². The lowest BCUT2D eigenvalue weighted by Gasteiger charge is -2.42. The Labute approximate surface area is 124 Å². The van der Waals surface area contributed by atoms with Crippen LogP contribution in [0, 0.1) is 23.7 Å². The van der Waals surface area contributed by atoms with Gasteiger partial charge in [0, 0.05) is 25.2 Å². The quantitative estimate of drug-likeness (QED) is 0.768. The summed E-state index contributed by atoms with van der Waals surface area (Å²) in [5, 5.41) is 3.91. The topological polar surface area (TPSA) is 15.3 Å². The first kappa shape index (κ1) is 13.6. The van der Waals surface area contributed by atoms with E-state index in [1.54, 1.807) is 0 Å². The highest BCUT2D eigenvalue weighted by Gasteiger charge is 2.38. The van der Waals surface area contributed by atoms with Crippen LogP contribution in [-0.4, -0.2) is 36.6 Å². The normalized spacial score (nSPS) is 37.0. The Morgan fingerprint density at radius 2 is 1.70 bits per heavy atom. The first-order chi connectivity index (χ1) is 9.78. The molecule has 3 unspecified atom stereocenters. The SMILES string of the molecule is CC(C1CC1)N1CC(CC2CC2)CC(NCC2CC2)C1. The zero-order chi connectivity index (χ0) is 13.5. The molecule has 0 aromatic heterocycles. The van der Waals surface area contributed by atoms with E-state index < -0.39 is 0 Å². The molecule has 0 radical (unpaired) electrons. The standard InChI is InChI=1S/C18H32N2/c1-13(17-6-7-17)20-11-16(8-14-2-3-14)9-18(12-20)19-10-15-4-5-15/h13-19H,2-12H2,1H3. The number of nitrogens with one attached hydrogen (secondary N) is 1. The van der Waals surface area contributed by atoms with Crippen molar-refractivity contribution in [3.63, 3.8) is 0 Å². The summed E-state index contributed by atoms with van der Waals surface area (Å²) in [6.45, 7) is 6.52. The van der Waals surface area contributed by atoms with Crippen molar-refractivity contribution in [3.8, 4) is 0 Å². The molecule has 0 spiro atoms. The number of nitrogens with zero attached hydrogens (tertiary/aromatic N) is 1. The summed E-state index contributed by atoms with van der Waals surface area (Å²) < 4.78 is 0. The van der Waals surface area contributed by atoms with Gasteiger partial charge in [-0.1, -0.05) is 12.8 Å². The average molecular weight is 276 g/mol. The third kappa shape index (κ3) is 3.57. The van der Waals surface area contributed by atoms with Gasteiger partial charge in [-0.05, 0) is 75.7 Å². The molecule has 3 atom stereocenters. The lowest BCUT2D eigenvalue weighted by atomic mass is 9.88. The van der Waals surface area contributed by atoms with Crippen LogP contribution in [0.2, 0.25) is 0 Å². The molecule has 0 aromatic carbocycles. The minimum atomic E-state index is 0.786. The van der Waals surface area contributed by atoms with Crippen molar-refractivity contribution in [2.45, 2.75) is 70.4 Å². The highest BCUT2D eigenvalue weighted by Crippen LogP contribution is 2.40. The van der Waals surface area contributed by atoms with Crippen LogP contribution in [0.1, 0.15) is 58.3 Å². The highest BCUT2D eigenvalue weighted by atomic mass is 15.2. The Balaban J connectivity index is 1.33. The number of piperidine rings is 1. The number of rotatable bonds is 7. The molecule has 114 valence electrons. The number of likely N-dealkylation sites (tertiary alicyclic amines) is 1. The third-order valence-electron chi connectivity index (χ3n) is 6.20. The zero-order valence-corrected chi connectivity index (χ0v) is 13.2. The molecule has 1 saturated heterocycles. The van der Waals surface area contributed by atoms with Gasteiger partial charge in [0.2, 0.25) is 0 Å². The molecule has 0 amide bonds. The summed E-state index contributed by atoms with van der Waals surface area (Å²) in [5.74, 6) is 4.13. The molecule has 2 nitrogen and oxygen atoms in total. The minimum absolute atomic E-state index is 0.786. The van der Waals surface area contributed by atoms with Crippen LogP contribution in [0.25, 0.3) is 0 Å². The fourth-order valence-electron chi connectivity index (χ4n) is 4.25. The fraction of sp³-hybridized carbons (Fsp3) is 1.00. The van der Waals surface area contributed by atoms with Gasteiger partial charge in [0.25, 0.3) is 0 Å². The van der Waals surface area contributed by atoms with E-state index >= 15 is 0 Å². The predicted octanol–water partition coefficient (Wildman–Crippen LogP) is 3.28. The van der Waals surface area contributed by atoms with E-state index in [9.17, 15) is 0 Å². The van der Waals surface area contributed by atoms with Gasteiger partial charge in [0.1, 0.15) is 0 Å². The largest absolute Gasteiger partial charge is 0.312 e. The van der Waals surface area contributed by atoms with Crippen LogP contribution < -0.4 is 5.32 Å². The monoisotopic (exact) mass is 276 g/mol. The number of hydrogen-bond donors (Lipinski definition) is 1. The Bertz CT molecular complexity index is 330. The molecule has 1 aliphatic heterocycles. The molecule has 0 bridgehead atoms. The minimum Gasteiger partial charge on any atom is -0.312 e. The van der Waals surface area contributed by atoms with E-state index in [4.69, 9.17) is 0 Å². The molecular weight excluding hydrogens is 244 g/mol. The maximum Gasteiger partial charge on any atom is 0.0198 e. The molecule has 0 aromatic rings. The van der Waals surface area contributed by atoms with Crippen LogP contribution >= 0.6 is 0 Å². The van der Waals surface area contributed by atoms with E-state index in [2.05, 4.69) is 17.1 Å². The molecule has 4 rings (SSSR count). The summed E-state index contributed by atoms with van der Waals surface area (Å²) >= 11 is 0. The van der Waals surface area contributed by atoms with E-state index in [0.29, 0.717) is 0 Å². The van der Waals surface area contributed by atoms with Crippen molar-refractivity contribution in [2.75, 3.05) is 19.6 Å². The third-order valence-corrected chi connectivity index (χ3v) is 6.20. The molecular formula is C18H32N2. The summed E-state index contributed by atoms with van der Waals surface area (Å²) in [5.41, 5.74) is 0. The van der Waals surface area contributed by atoms with E-state index in [1.807, 2.05) is 0 Å². The molecule has 2 heteroatoms.